The molecule has 0 rings (SSSR count). The van der Waals surface area contributed by atoms with E-state index in [0.29, 0.717) is 0 Å². The lowest BCUT2D eigenvalue weighted by Crippen LogP contribution is -2.57. The van der Waals surface area contributed by atoms with Gasteiger partial charge in [0.05, 0.1) is 27.1 Å². The van der Waals surface area contributed by atoms with Crippen LogP contribution >= 0.6 is 0 Å². The predicted octanol–water partition coefficient (Wildman–Crippen LogP) is -3.74. The van der Waals surface area contributed by atoms with Gasteiger partial charge in [0.25, 0.3) is 0 Å². The molecule has 0 radical (unpaired) electrons. The highest BCUT2D eigenvalue weighted by Crippen LogP contribution is 2.18. The SMILES string of the molecule is CNCC(C)(CNNCC(C)(CNNCC(C)(CNNCC(C)(CNNCC(C)(CNC)C(=O)O)C(=O)O)C(=O)O)C(=O)O)C(=O)O. The maximum Gasteiger partial charge on any atom is 0.312 e. The van der Waals surface area contributed by atoms with E-state index in [-0.39, 0.29) is 65.4 Å². The van der Waals surface area contributed by atoms with Crippen LogP contribution in [0.15, 0.2) is 0 Å². The van der Waals surface area contributed by atoms with E-state index in [2.05, 4.69) is 54.0 Å². The highest BCUT2D eigenvalue weighted by Gasteiger charge is 2.38. The fourth-order valence-corrected chi connectivity index (χ4v) is 3.91. The molecular formula is C27H56N10O10. The Morgan fingerprint density at radius 1 is 0.340 bits per heavy atom. The van der Waals surface area contributed by atoms with E-state index in [1.807, 2.05) is 0 Å². The highest BCUT2D eigenvalue weighted by atomic mass is 16.4. The molecule has 0 spiro atoms. The molecule has 15 N–H and O–H groups in total. The van der Waals surface area contributed by atoms with E-state index in [1.165, 1.54) is 20.8 Å². The first-order valence-corrected chi connectivity index (χ1v) is 15.0. The minimum atomic E-state index is -1.41. The van der Waals surface area contributed by atoms with Gasteiger partial charge in [0.15, 0.2) is 0 Å². The van der Waals surface area contributed by atoms with Crippen molar-refractivity contribution in [3.8, 4) is 0 Å². The Balaban J connectivity index is 4.93. The van der Waals surface area contributed by atoms with Crippen LogP contribution in [-0.2, 0) is 24.0 Å². The third kappa shape index (κ3) is 14.3. The van der Waals surface area contributed by atoms with Gasteiger partial charge in [0.1, 0.15) is 0 Å². The zero-order valence-electron chi connectivity index (χ0n) is 28.3. The number of hydrogen-bond donors (Lipinski definition) is 15. The van der Waals surface area contributed by atoms with Crippen LogP contribution in [0.1, 0.15) is 34.6 Å². The molecule has 0 heterocycles. The quantitative estimate of drug-likeness (QED) is 0.0266. The van der Waals surface area contributed by atoms with Crippen LogP contribution in [0.4, 0.5) is 0 Å². The maximum atomic E-state index is 12.1. The lowest BCUT2D eigenvalue weighted by Gasteiger charge is -2.31. The van der Waals surface area contributed by atoms with Crippen molar-refractivity contribution in [2.24, 2.45) is 27.1 Å². The second-order valence-corrected chi connectivity index (χ2v) is 13.2. The summed E-state index contributed by atoms with van der Waals surface area (Å²) < 4.78 is 0. The molecule has 20 nitrogen and oxygen atoms in total. The lowest BCUT2D eigenvalue weighted by atomic mass is 9.90. The number of hydrazine groups is 4. The van der Waals surface area contributed by atoms with E-state index >= 15 is 0 Å². The lowest BCUT2D eigenvalue weighted by molar-refractivity contribution is -0.150. The third-order valence-corrected chi connectivity index (χ3v) is 8.04. The average molecular weight is 681 g/mol. The summed E-state index contributed by atoms with van der Waals surface area (Å²) in [6.45, 7) is 7.15. The molecule has 0 aliphatic carbocycles. The monoisotopic (exact) mass is 680 g/mol. The molecule has 0 saturated carbocycles. The van der Waals surface area contributed by atoms with Gasteiger partial charge in [-0.3, -0.25) is 67.4 Å². The average Bonchev–Trinajstić information content (AvgIpc) is 2.98. The molecule has 0 amide bonds. The number of carbonyl (C=O) groups is 5. The van der Waals surface area contributed by atoms with E-state index in [4.69, 9.17) is 0 Å². The fourth-order valence-electron chi connectivity index (χ4n) is 3.91. The van der Waals surface area contributed by atoms with Crippen LogP contribution in [-0.4, -0.2) is 135 Å². The molecule has 4 atom stereocenters. The van der Waals surface area contributed by atoms with Gasteiger partial charge in [0.2, 0.25) is 0 Å². The molecule has 4 unspecified atom stereocenters. The van der Waals surface area contributed by atoms with Crippen molar-refractivity contribution < 1.29 is 49.5 Å². The van der Waals surface area contributed by atoms with E-state index in [1.54, 1.807) is 27.9 Å². The summed E-state index contributed by atoms with van der Waals surface area (Å²) in [5.41, 5.74) is 15.6. The van der Waals surface area contributed by atoms with Crippen LogP contribution in [0.5, 0.6) is 0 Å². The van der Waals surface area contributed by atoms with Gasteiger partial charge in [-0.1, -0.05) is 0 Å². The van der Waals surface area contributed by atoms with Crippen LogP contribution in [0.25, 0.3) is 0 Å². The summed E-state index contributed by atoms with van der Waals surface area (Å²) in [7, 11) is 3.25. The van der Waals surface area contributed by atoms with Gasteiger partial charge in [-0.05, 0) is 48.7 Å². The van der Waals surface area contributed by atoms with Crippen molar-refractivity contribution in [1.29, 1.82) is 0 Å². The molecular weight excluding hydrogens is 624 g/mol. The van der Waals surface area contributed by atoms with E-state index in [9.17, 15) is 49.5 Å². The van der Waals surface area contributed by atoms with Crippen molar-refractivity contribution in [2.75, 3.05) is 79.5 Å². The fraction of sp³-hybridized carbons (Fsp3) is 0.815. The molecule has 0 bridgehead atoms. The molecule has 0 aromatic rings. The number of aliphatic carboxylic acids is 5. The summed E-state index contributed by atoms with van der Waals surface area (Å²) in [4.78, 5) is 59.1. The Bertz CT molecular complexity index is 986. The van der Waals surface area contributed by atoms with Crippen molar-refractivity contribution in [1.82, 2.24) is 54.0 Å². The van der Waals surface area contributed by atoms with Gasteiger partial charge in [-0.25, -0.2) is 0 Å². The molecule has 0 aromatic carbocycles. The molecule has 0 saturated heterocycles. The van der Waals surface area contributed by atoms with Gasteiger partial charge >= 0.3 is 29.8 Å². The van der Waals surface area contributed by atoms with Crippen LogP contribution in [0.3, 0.4) is 0 Å². The maximum absolute atomic E-state index is 12.1. The van der Waals surface area contributed by atoms with E-state index < -0.39 is 56.9 Å². The van der Waals surface area contributed by atoms with Crippen molar-refractivity contribution in [2.45, 2.75) is 34.6 Å². The first-order valence-electron chi connectivity index (χ1n) is 15.0. The second-order valence-electron chi connectivity index (χ2n) is 13.2. The van der Waals surface area contributed by atoms with Gasteiger partial charge in [0, 0.05) is 65.4 Å². The van der Waals surface area contributed by atoms with Gasteiger partial charge in [-0.2, -0.15) is 0 Å². The molecule has 0 aliphatic heterocycles. The Hall–Kier alpha value is -3.05. The van der Waals surface area contributed by atoms with Crippen LogP contribution < -0.4 is 54.0 Å². The van der Waals surface area contributed by atoms with Crippen LogP contribution in [0, 0.1) is 27.1 Å². The summed E-state index contributed by atoms with van der Waals surface area (Å²) in [5.74, 6) is -5.52. The molecule has 47 heavy (non-hydrogen) atoms. The first kappa shape index (κ1) is 43.9. The zero-order valence-corrected chi connectivity index (χ0v) is 28.3. The summed E-state index contributed by atoms with van der Waals surface area (Å²) in [5, 5.41) is 53.9. The molecule has 274 valence electrons. The van der Waals surface area contributed by atoms with E-state index in [0.717, 1.165) is 0 Å². The topological polar surface area (TPSA) is 307 Å². The number of nitrogens with one attached hydrogen (secondary N) is 10. The Labute approximate surface area is 274 Å². The van der Waals surface area contributed by atoms with Crippen molar-refractivity contribution in [3.05, 3.63) is 0 Å². The zero-order chi connectivity index (χ0) is 36.5. The minimum Gasteiger partial charge on any atom is -0.481 e. The predicted molar refractivity (Wildman–Crippen MR) is 171 cm³/mol. The normalized spacial score (nSPS) is 18.1. The summed E-state index contributed by atoms with van der Waals surface area (Å²) in [6.07, 6.45) is 0. The smallest absolute Gasteiger partial charge is 0.312 e. The Kier molecular flexibility index (Phi) is 18.4. The number of carboxylic acid groups (broad SMARTS) is 5. The standard InChI is InChI=1S/C27H56N10O10/c1-23(8-28-6,18(38)39)10-30-32-12-25(3,20(42)43)14-34-36-16-27(5,22(46)47)17-37-35-15-26(4,21(44)45)13-33-31-11-24(2,9-29-7)19(40)41/h28-37H,8-17H2,1-7H3,(H,38,39)(H,40,41)(H,42,43)(H,44,45)(H,46,47). The second kappa shape index (κ2) is 19.7. The van der Waals surface area contributed by atoms with Crippen LogP contribution in [0.2, 0.25) is 0 Å². The largest absolute Gasteiger partial charge is 0.481 e. The Morgan fingerprint density at radius 3 is 0.574 bits per heavy atom. The van der Waals surface area contributed by atoms with Crippen molar-refractivity contribution >= 4 is 29.8 Å². The molecule has 0 fully saturated rings. The minimum absolute atomic E-state index is 0.0187. The summed E-state index contributed by atoms with van der Waals surface area (Å²) >= 11 is 0. The van der Waals surface area contributed by atoms with Gasteiger partial charge in [-0.15, -0.1) is 0 Å². The number of rotatable bonds is 29. The Morgan fingerprint density at radius 2 is 0.468 bits per heavy atom. The number of carboxylic acids is 5. The molecule has 20 heteroatoms. The number of hydrogen-bond acceptors (Lipinski definition) is 15. The summed E-state index contributed by atoms with van der Waals surface area (Å²) in [6, 6.07) is 0. The third-order valence-electron chi connectivity index (χ3n) is 8.04. The molecule has 0 aliphatic rings. The van der Waals surface area contributed by atoms with Gasteiger partial charge < -0.3 is 36.2 Å². The molecule has 0 aromatic heterocycles. The van der Waals surface area contributed by atoms with Crippen molar-refractivity contribution in [3.63, 3.8) is 0 Å². The first-order chi connectivity index (χ1) is 21.7. The highest BCUT2D eigenvalue weighted by molar-refractivity contribution is 5.76.